The fraction of sp³-hybridized carbons (Fsp3) is 0.357. The first-order chi connectivity index (χ1) is 8.99. The monoisotopic (exact) mass is 259 g/mol. The lowest BCUT2D eigenvalue weighted by Gasteiger charge is -2.08. The van der Waals surface area contributed by atoms with Gasteiger partial charge in [-0.05, 0) is 32.4 Å². The molecular weight excluding hydrogens is 242 g/mol. The third-order valence-electron chi connectivity index (χ3n) is 3.15. The van der Waals surface area contributed by atoms with E-state index in [2.05, 4.69) is 16.4 Å². The maximum atomic E-state index is 10.6. The zero-order chi connectivity index (χ0) is 14.0. The second-order valence-corrected chi connectivity index (χ2v) is 4.72. The summed E-state index contributed by atoms with van der Waals surface area (Å²) in [6, 6.07) is 6.13. The molecule has 0 aliphatic heterocycles. The highest BCUT2D eigenvalue weighted by Crippen LogP contribution is 2.18. The van der Waals surface area contributed by atoms with Crippen molar-refractivity contribution in [2.75, 3.05) is 0 Å². The molecule has 100 valence electrons. The van der Waals surface area contributed by atoms with Crippen LogP contribution in [0.2, 0.25) is 0 Å². The number of carboxylic acids is 1. The van der Waals surface area contributed by atoms with Crippen LogP contribution >= 0.6 is 0 Å². The van der Waals surface area contributed by atoms with Gasteiger partial charge in [0.05, 0.1) is 23.5 Å². The largest absolute Gasteiger partial charge is 0.481 e. The standard InChI is InChI=1S/C14H17N3O2/c1-9-4-6-13(10(2)8-9)17-11(3)12(15-16-17)5-7-14(18)19/h4,6,8H,5,7H2,1-3H3,(H,18,19). The molecule has 0 aliphatic rings. The number of carboxylic acid groups (broad SMARTS) is 1. The van der Waals surface area contributed by atoms with Crippen LogP contribution in [0.25, 0.3) is 5.69 Å². The van der Waals surface area contributed by atoms with E-state index in [1.807, 2.05) is 32.9 Å². The van der Waals surface area contributed by atoms with Crippen molar-refractivity contribution in [1.82, 2.24) is 15.0 Å². The maximum Gasteiger partial charge on any atom is 0.303 e. The quantitative estimate of drug-likeness (QED) is 0.914. The summed E-state index contributed by atoms with van der Waals surface area (Å²) in [5.41, 5.74) is 4.94. The molecule has 1 aromatic carbocycles. The topological polar surface area (TPSA) is 68.0 Å². The molecule has 0 saturated carbocycles. The summed E-state index contributed by atoms with van der Waals surface area (Å²) < 4.78 is 1.77. The van der Waals surface area contributed by atoms with Crippen LogP contribution in [0.1, 0.15) is 28.9 Å². The molecule has 0 bridgehead atoms. The van der Waals surface area contributed by atoms with Gasteiger partial charge >= 0.3 is 5.97 Å². The van der Waals surface area contributed by atoms with Gasteiger partial charge in [0.2, 0.25) is 0 Å². The molecule has 19 heavy (non-hydrogen) atoms. The molecule has 1 N–H and O–H groups in total. The summed E-state index contributed by atoms with van der Waals surface area (Å²) in [6.45, 7) is 5.99. The van der Waals surface area contributed by atoms with Crippen molar-refractivity contribution in [3.05, 3.63) is 40.7 Å². The van der Waals surface area contributed by atoms with Gasteiger partial charge in [0.1, 0.15) is 0 Å². The third kappa shape index (κ3) is 2.81. The van der Waals surface area contributed by atoms with E-state index >= 15 is 0 Å². The van der Waals surface area contributed by atoms with Gasteiger partial charge in [-0.25, -0.2) is 4.68 Å². The fourth-order valence-electron chi connectivity index (χ4n) is 2.09. The van der Waals surface area contributed by atoms with Gasteiger partial charge in [0.25, 0.3) is 0 Å². The molecular formula is C14H17N3O2. The van der Waals surface area contributed by atoms with Crippen molar-refractivity contribution in [2.45, 2.75) is 33.6 Å². The van der Waals surface area contributed by atoms with E-state index in [1.54, 1.807) is 4.68 Å². The molecule has 0 aliphatic carbocycles. The molecule has 1 heterocycles. The summed E-state index contributed by atoms with van der Waals surface area (Å²) in [4.78, 5) is 10.6. The average molecular weight is 259 g/mol. The van der Waals surface area contributed by atoms with Crippen molar-refractivity contribution in [2.24, 2.45) is 0 Å². The van der Waals surface area contributed by atoms with Crippen molar-refractivity contribution in [1.29, 1.82) is 0 Å². The minimum Gasteiger partial charge on any atom is -0.481 e. The Labute approximate surface area is 111 Å². The number of aliphatic carboxylic acids is 1. The number of aromatic nitrogens is 3. The molecule has 1 aromatic heterocycles. The Bertz CT molecular complexity index is 617. The van der Waals surface area contributed by atoms with Gasteiger partial charge in [0.15, 0.2) is 0 Å². The van der Waals surface area contributed by atoms with E-state index in [9.17, 15) is 4.79 Å². The number of nitrogens with zero attached hydrogens (tertiary/aromatic N) is 3. The van der Waals surface area contributed by atoms with Crippen LogP contribution < -0.4 is 0 Å². The van der Waals surface area contributed by atoms with Gasteiger partial charge in [-0.3, -0.25) is 4.79 Å². The van der Waals surface area contributed by atoms with E-state index < -0.39 is 5.97 Å². The van der Waals surface area contributed by atoms with Crippen LogP contribution in [0, 0.1) is 20.8 Å². The van der Waals surface area contributed by atoms with E-state index in [4.69, 9.17) is 5.11 Å². The predicted molar refractivity (Wildman–Crippen MR) is 71.5 cm³/mol. The molecule has 5 heteroatoms. The van der Waals surface area contributed by atoms with E-state index in [-0.39, 0.29) is 6.42 Å². The first-order valence-corrected chi connectivity index (χ1v) is 6.19. The first kappa shape index (κ1) is 13.3. The Hall–Kier alpha value is -2.17. The second-order valence-electron chi connectivity index (χ2n) is 4.72. The molecule has 5 nitrogen and oxygen atoms in total. The van der Waals surface area contributed by atoms with Gasteiger partial charge in [0, 0.05) is 6.42 Å². The lowest BCUT2D eigenvalue weighted by atomic mass is 10.1. The van der Waals surface area contributed by atoms with Crippen LogP contribution in [0.5, 0.6) is 0 Å². The lowest BCUT2D eigenvalue weighted by Crippen LogP contribution is -2.03. The van der Waals surface area contributed by atoms with Crippen molar-refractivity contribution in [3.8, 4) is 5.69 Å². The Kier molecular flexibility index (Phi) is 3.64. The molecule has 2 aromatic rings. The average Bonchev–Trinajstić information content (AvgIpc) is 2.68. The van der Waals surface area contributed by atoms with E-state index in [1.165, 1.54) is 5.56 Å². The number of carbonyl (C=O) groups is 1. The Balaban J connectivity index is 2.33. The molecule has 0 radical (unpaired) electrons. The number of benzene rings is 1. The Morgan fingerprint density at radius 3 is 2.68 bits per heavy atom. The van der Waals surface area contributed by atoms with Crippen LogP contribution in [-0.2, 0) is 11.2 Å². The van der Waals surface area contributed by atoms with Gasteiger partial charge in [-0.15, -0.1) is 5.10 Å². The highest BCUT2D eigenvalue weighted by Gasteiger charge is 2.12. The second kappa shape index (κ2) is 5.22. The SMILES string of the molecule is Cc1ccc(-n2nnc(CCC(=O)O)c2C)c(C)c1. The minimum atomic E-state index is -0.819. The fourth-order valence-corrected chi connectivity index (χ4v) is 2.09. The number of aryl methyl sites for hydroxylation is 3. The zero-order valence-corrected chi connectivity index (χ0v) is 11.3. The minimum absolute atomic E-state index is 0.0758. The summed E-state index contributed by atoms with van der Waals surface area (Å²) in [6.07, 6.45) is 0.485. The van der Waals surface area contributed by atoms with Gasteiger partial charge < -0.3 is 5.11 Å². The van der Waals surface area contributed by atoms with Crippen LogP contribution in [0.4, 0.5) is 0 Å². The van der Waals surface area contributed by atoms with Crippen LogP contribution in [0.3, 0.4) is 0 Å². The predicted octanol–water partition coefficient (Wildman–Crippen LogP) is 2.21. The van der Waals surface area contributed by atoms with Crippen molar-refractivity contribution < 1.29 is 9.90 Å². The van der Waals surface area contributed by atoms with Crippen molar-refractivity contribution in [3.63, 3.8) is 0 Å². The normalized spacial score (nSPS) is 10.7. The smallest absolute Gasteiger partial charge is 0.303 e. The highest BCUT2D eigenvalue weighted by molar-refractivity contribution is 5.67. The summed E-state index contributed by atoms with van der Waals surface area (Å²) in [7, 11) is 0. The van der Waals surface area contributed by atoms with Crippen LogP contribution in [0.15, 0.2) is 18.2 Å². The third-order valence-corrected chi connectivity index (χ3v) is 3.15. The van der Waals surface area contributed by atoms with E-state index in [0.29, 0.717) is 6.42 Å². The summed E-state index contributed by atoms with van der Waals surface area (Å²) in [5, 5.41) is 16.9. The Morgan fingerprint density at radius 2 is 2.05 bits per heavy atom. The number of hydrogen-bond donors (Lipinski definition) is 1. The lowest BCUT2D eigenvalue weighted by molar-refractivity contribution is -0.136. The molecule has 0 amide bonds. The number of rotatable bonds is 4. The van der Waals surface area contributed by atoms with Crippen LogP contribution in [-0.4, -0.2) is 26.1 Å². The molecule has 0 unspecified atom stereocenters. The highest BCUT2D eigenvalue weighted by atomic mass is 16.4. The first-order valence-electron chi connectivity index (χ1n) is 6.19. The Morgan fingerprint density at radius 1 is 1.32 bits per heavy atom. The molecule has 0 spiro atoms. The van der Waals surface area contributed by atoms with Gasteiger partial charge in [-0.1, -0.05) is 22.9 Å². The molecule has 0 saturated heterocycles. The van der Waals surface area contributed by atoms with Gasteiger partial charge in [-0.2, -0.15) is 0 Å². The van der Waals surface area contributed by atoms with E-state index in [0.717, 1.165) is 22.6 Å². The molecule has 2 rings (SSSR count). The maximum absolute atomic E-state index is 10.6. The zero-order valence-electron chi connectivity index (χ0n) is 11.3. The molecule has 0 atom stereocenters. The summed E-state index contributed by atoms with van der Waals surface area (Å²) >= 11 is 0. The van der Waals surface area contributed by atoms with Crippen molar-refractivity contribution >= 4 is 5.97 Å². The molecule has 0 fully saturated rings. The number of hydrogen-bond acceptors (Lipinski definition) is 3. The summed E-state index contributed by atoms with van der Waals surface area (Å²) in [5.74, 6) is -0.819.